The number of ether oxygens (including phenoxy) is 2. The van der Waals surface area contributed by atoms with Gasteiger partial charge in [0.25, 0.3) is 0 Å². The molecule has 43 heavy (non-hydrogen) atoms. The minimum absolute atomic E-state index is 0.0938. The summed E-state index contributed by atoms with van der Waals surface area (Å²) in [5.41, 5.74) is 3.65. The Balaban J connectivity index is 1.27. The first-order valence-electron chi connectivity index (χ1n) is 14.3. The van der Waals surface area contributed by atoms with E-state index in [2.05, 4.69) is 20.8 Å². The highest BCUT2D eigenvalue weighted by atomic mass is 79.9. The molecule has 3 aliphatic carbocycles. The van der Waals surface area contributed by atoms with Gasteiger partial charge in [-0.05, 0) is 76.7 Å². The SMILES string of the molecule is COc1ccc(C2C3=CCC4C(=O)N(c5ccc(N6CCOCC6)cc5)C(=O)C4C3CC3=C2C(=O)C=C(Br)C3=O)cc1O. The molecule has 2 aromatic carbocycles. The number of methoxy groups -OCH3 is 1. The number of rotatable bonds is 4. The van der Waals surface area contributed by atoms with Crippen LogP contribution >= 0.6 is 15.9 Å². The number of amides is 2. The smallest absolute Gasteiger partial charge is 0.238 e. The Kier molecular flexibility index (Phi) is 6.85. The van der Waals surface area contributed by atoms with Crippen LogP contribution in [0.15, 0.2) is 75.8 Å². The number of benzene rings is 2. The van der Waals surface area contributed by atoms with Crippen LogP contribution in [0.5, 0.6) is 11.5 Å². The van der Waals surface area contributed by atoms with Gasteiger partial charge in [-0.25, -0.2) is 0 Å². The van der Waals surface area contributed by atoms with Crippen molar-refractivity contribution in [2.75, 3.05) is 43.2 Å². The molecule has 2 amide bonds. The number of phenols is 1. The van der Waals surface area contributed by atoms with Crippen LogP contribution in [0, 0.1) is 17.8 Å². The van der Waals surface area contributed by atoms with Gasteiger partial charge in [-0.2, -0.15) is 0 Å². The second-order valence-corrected chi connectivity index (χ2v) is 12.3. The number of carbonyl (C=O) groups is 4. The molecule has 1 N–H and O–H groups in total. The molecule has 2 saturated heterocycles. The van der Waals surface area contributed by atoms with Crippen molar-refractivity contribution in [2.24, 2.45) is 17.8 Å². The highest BCUT2D eigenvalue weighted by Gasteiger charge is 2.56. The Bertz CT molecular complexity index is 1670. The molecular formula is C33H29BrN2O7. The van der Waals surface area contributed by atoms with E-state index in [0.717, 1.165) is 24.4 Å². The van der Waals surface area contributed by atoms with Crippen molar-refractivity contribution >= 4 is 50.7 Å². The number of hydrogen-bond donors (Lipinski definition) is 1. The number of morpholine rings is 1. The van der Waals surface area contributed by atoms with Crippen LogP contribution in [0.2, 0.25) is 0 Å². The van der Waals surface area contributed by atoms with E-state index >= 15 is 0 Å². The predicted octanol–water partition coefficient (Wildman–Crippen LogP) is 4.20. The molecule has 9 nitrogen and oxygen atoms in total. The number of nitrogens with zero attached hydrogens (tertiary/aromatic N) is 2. The van der Waals surface area contributed by atoms with Gasteiger partial charge < -0.3 is 19.5 Å². The fraction of sp³-hybridized carbons (Fsp3) is 0.333. The molecule has 2 fully saturated rings. The third kappa shape index (κ3) is 4.38. The molecule has 4 unspecified atom stereocenters. The van der Waals surface area contributed by atoms with Crippen molar-refractivity contribution in [3.63, 3.8) is 0 Å². The molecule has 0 saturated carbocycles. The maximum Gasteiger partial charge on any atom is 0.238 e. The van der Waals surface area contributed by atoms with E-state index in [1.165, 1.54) is 18.1 Å². The number of hydrogen-bond acceptors (Lipinski definition) is 8. The van der Waals surface area contributed by atoms with Gasteiger partial charge in [0.2, 0.25) is 11.8 Å². The number of phenolic OH excluding ortho intramolecular Hbond substituents is 1. The lowest BCUT2D eigenvalue weighted by Crippen LogP contribution is -2.39. The summed E-state index contributed by atoms with van der Waals surface area (Å²) in [4.78, 5) is 58.2. The van der Waals surface area contributed by atoms with E-state index in [4.69, 9.17) is 9.47 Å². The van der Waals surface area contributed by atoms with Crippen molar-refractivity contribution < 1.29 is 33.8 Å². The minimum atomic E-state index is -0.678. The number of aromatic hydroxyl groups is 1. The first kappa shape index (κ1) is 27.8. The average molecular weight is 646 g/mol. The van der Waals surface area contributed by atoms with E-state index in [9.17, 15) is 24.3 Å². The van der Waals surface area contributed by atoms with Crippen LogP contribution in [0.4, 0.5) is 11.4 Å². The third-order valence-corrected chi connectivity index (χ3v) is 9.94. The Labute approximate surface area is 256 Å². The van der Waals surface area contributed by atoms with Gasteiger partial charge >= 0.3 is 0 Å². The Morgan fingerprint density at radius 3 is 2.37 bits per heavy atom. The molecular weight excluding hydrogens is 616 g/mol. The van der Waals surface area contributed by atoms with Crippen LogP contribution in [0.1, 0.15) is 24.3 Å². The van der Waals surface area contributed by atoms with Gasteiger partial charge in [0, 0.05) is 41.9 Å². The van der Waals surface area contributed by atoms with Crippen molar-refractivity contribution in [3.8, 4) is 11.5 Å². The number of ketones is 2. The standard InChI is InChI=1S/C33H29BrN2O7/c1-42-27-9-2-17(14-25(27)37)28-20-7-8-21-29(22(20)15-23-30(28)26(38)16-24(34)31(23)39)33(41)36(32(21)40)19-5-3-18(4-6-19)35-10-12-43-13-11-35/h2-7,9,14,16,21-22,28-29,37H,8,10-13,15H2,1H3. The molecule has 0 spiro atoms. The number of imide groups is 1. The van der Waals surface area contributed by atoms with Crippen LogP contribution in [-0.2, 0) is 23.9 Å². The third-order valence-electron chi connectivity index (χ3n) is 9.35. The van der Waals surface area contributed by atoms with E-state index in [1.54, 1.807) is 18.2 Å². The summed E-state index contributed by atoms with van der Waals surface area (Å²) < 4.78 is 10.8. The van der Waals surface area contributed by atoms with E-state index < -0.39 is 23.7 Å². The molecule has 2 heterocycles. The lowest BCUT2D eigenvalue weighted by Gasteiger charge is -2.42. The summed E-state index contributed by atoms with van der Waals surface area (Å²) >= 11 is 3.25. The van der Waals surface area contributed by atoms with Crippen LogP contribution in [-0.4, -0.2) is 61.9 Å². The largest absolute Gasteiger partial charge is 0.504 e. The molecule has 4 atom stereocenters. The summed E-state index contributed by atoms with van der Waals surface area (Å²) in [5, 5.41) is 10.6. The summed E-state index contributed by atoms with van der Waals surface area (Å²) in [7, 11) is 1.45. The second-order valence-electron chi connectivity index (χ2n) is 11.5. The van der Waals surface area contributed by atoms with Crippen LogP contribution in [0.25, 0.3) is 0 Å². The number of allylic oxidation sites excluding steroid dienone is 6. The number of Topliss-reactive ketones (excluding diaryl/α,β-unsaturated/α-hetero) is 1. The summed E-state index contributed by atoms with van der Waals surface area (Å²) in [6.45, 7) is 2.86. The van der Waals surface area contributed by atoms with Gasteiger partial charge in [-0.3, -0.25) is 24.1 Å². The highest BCUT2D eigenvalue weighted by Crippen LogP contribution is 2.56. The molecule has 10 heteroatoms. The van der Waals surface area contributed by atoms with Crippen LogP contribution < -0.4 is 14.5 Å². The van der Waals surface area contributed by atoms with E-state index in [1.807, 2.05) is 30.3 Å². The number of carbonyl (C=O) groups excluding carboxylic acids is 4. The molecule has 5 aliphatic rings. The number of halogens is 1. The van der Waals surface area contributed by atoms with Crippen LogP contribution in [0.3, 0.4) is 0 Å². The first-order valence-corrected chi connectivity index (χ1v) is 15.1. The van der Waals surface area contributed by atoms with Gasteiger partial charge in [0.1, 0.15) is 0 Å². The highest BCUT2D eigenvalue weighted by molar-refractivity contribution is 9.12. The zero-order valence-corrected chi connectivity index (χ0v) is 25.0. The predicted molar refractivity (Wildman–Crippen MR) is 161 cm³/mol. The van der Waals surface area contributed by atoms with Crippen molar-refractivity contribution in [1.29, 1.82) is 0 Å². The van der Waals surface area contributed by atoms with Crippen molar-refractivity contribution in [1.82, 2.24) is 0 Å². The fourth-order valence-electron chi connectivity index (χ4n) is 7.36. The average Bonchev–Trinajstić information content (AvgIpc) is 3.28. The van der Waals surface area contributed by atoms with Crippen molar-refractivity contribution in [3.05, 3.63) is 81.4 Å². The van der Waals surface area contributed by atoms with Crippen molar-refractivity contribution in [2.45, 2.75) is 18.8 Å². The Morgan fingerprint density at radius 2 is 1.67 bits per heavy atom. The van der Waals surface area contributed by atoms with E-state index in [-0.39, 0.29) is 45.8 Å². The zero-order chi connectivity index (χ0) is 30.0. The molecule has 2 aromatic rings. The summed E-state index contributed by atoms with van der Waals surface area (Å²) in [5.74, 6) is -3.31. The monoisotopic (exact) mass is 644 g/mol. The van der Waals surface area contributed by atoms with Gasteiger partial charge in [-0.1, -0.05) is 17.7 Å². The maximum absolute atomic E-state index is 14.1. The molecule has 0 aromatic heterocycles. The lowest BCUT2D eigenvalue weighted by molar-refractivity contribution is -0.123. The van der Waals surface area contributed by atoms with Gasteiger partial charge in [0.15, 0.2) is 23.1 Å². The molecule has 0 bridgehead atoms. The Hall–Kier alpha value is -4.02. The normalized spacial score (nSPS) is 27.0. The second kappa shape index (κ2) is 10.6. The first-order chi connectivity index (χ1) is 20.8. The summed E-state index contributed by atoms with van der Waals surface area (Å²) in [6, 6.07) is 12.4. The van der Waals surface area contributed by atoms with E-state index in [0.29, 0.717) is 42.0 Å². The molecule has 220 valence electrons. The van der Waals surface area contributed by atoms with Gasteiger partial charge in [0.05, 0.1) is 42.3 Å². The minimum Gasteiger partial charge on any atom is -0.504 e. The zero-order valence-electron chi connectivity index (χ0n) is 23.4. The molecule has 7 rings (SSSR count). The number of fused-ring (bicyclic) bond motifs is 3. The van der Waals surface area contributed by atoms with Gasteiger partial charge in [-0.15, -0.1) is 0 Å². The quantitative estimate of drug-likeness (QED) is 0.299. The lowest BCUT2D eigenvalue weighted by atomic mass is 9.59. The maximum atomic E-state index is 14.1. The molecule has 0 radical (unpaired) electrons. The topological polar surface area (TPSA) is 113 Å². The molecule has 2 aliphatic heterocycles. The fourth-order valence-corrected chi connectivity index (χ4v) is 7.81. The number of anilines is 2. The summed E-state index contributed by atoms with van der Waals surface area (Å²) in [6.07, 6.45) is 3.77. The Morgan fingerprint density at radius 1 is 0.953 bits per heavy atom.